The van der Waals surface area contributed by atoms with Crippen molar-refractivity contribution in [3.63, 3.8) is 0 Å². The number of aromatic nitrogens is 3. The van der Waals surface area contributed by atoms with Crippen molar-refractivity contribution in [2.24, 2.45) is 0 Å². The molecule has 0 saturated heterocycles. The first-order valence-electron chi connectivity index (χ1n) is 5.38. The Balaban J connectivity index is 1.76. The highest BCUT2D eigenvalue weighted by atomic mass is 32.2. The van der Waals surface area contributed by atoms with Gasteiger partial charge >= 0.3 is 0 Å². The molecule has 0 unspecified atom stereocenters. The Labute approximate surface area is 104 Å². The Morgan fingerprint density at radius 3 is 2.82 bits per heavy atom. The highest BCUT2D eigenvalue weighted by Crippen LogP contribution is 2.22. The molecule has 4 heteroatoms. The number of nitrogens with zero attached hydrogens (tertiary/aromatic N) is 3. The van der Waals surface area contributed by atoms with Crippen LogP contribution in [0.3, 0.4) is 0 Å². The molecule has 0 aliphatic rings. The molecule has 84 valence electrons. The maximum atomic E-state index is 3.98. The first kappa shape index (κ1) is 10.4. The molecule has 2 heterocycles. The van der Waals surface area contributed by atoms with Crippen LogP contribution in [0.5, 0.6) is 0 Å². The summed E-state index contributed by atoms with van der Waals surface area (Å²) in [6.45, 7) is 0. The lowest BCUT2D eigenvalue weighted by molar-refractivity contribution is 1.09. The summed E-state index contributed by atoms with van der Waals surface area (Å²) in [6.07, 6.45) is 3.78. The maximum absolute atomic E-state index is 3.98. The van der Waals surface area contributed by atoms with Crippen molar-refractivity contribution in [2.45, 2.75) is 10.6 Å². The van der Waals surface area contributed by atoms with Crippen LogP contribution in [0.2, 0.25) is 0 Å². The van der Waals surface area contributed by atoms with Gasteiger partial charge in [-0.15, -0.1) is 22.0 Å². The Hall–Kier alpha value is -1.81. The normalized spacial score (nSPS) is 10.8. The summed E-state index contributed by atoms with van der Waals surface area (Å²) in [5.74, 6) is 0.981. The molecule has 0 N–H and O–H groups in total. The number of rotatable bonds is 3. The summed E-state index contributed by atoms with van der Waals surface area (Å²) in [5, 5.41) is 7.85. The number of fused-ring (bicyclic) bond motifs is 1. The zero-order chi connectivity index (χ0) is 11.5. The average Bonchev–Trinajstić information content (AvgIpc) is 2.85. The number of hydrogen-bond donors (Lipinski definition) is 0. The van der Waals surface area contributed by atoms with E-state index in [1.165, 1.54) is 10.5 Å². The van der Waals surface area contributed by atoms with E-state index in [-0.39, 0.29) is 0 Å². The molecule has 0 fully saturated rings. The van der Waals surface area contributed by atoms with E-state index < -0.39 is 0 Å². The lowest BCUT2D eigenvalue weighted by Crippen LogP contribution is -1.84. The molecule has 17 heavy (non-hydrogen) atoms. The first-order valence-corrected chi connectivity index (χ1v) is 6.36. The fourth-order valence-electron chi connectivity index (χ4n) is 1.63. The molecule has 0 saturated carbocycles. The van der Waals surface area contributed by atoms with Crippen molar-refractivity contribution >= 4 is 17.4 Å². The van der Waals surface area contributed by atoms with E-state index in [4.69, 9.17) is 0 Å². The van der Waals surface area contributed by atoms with Crippen molar-refractivity contribution in [3.05, 3.63) is 60.6 Å². The molecule has 3 rings (SSSR count). The van der Waals surface area contributed by atoms with Gasteiger partial charge in [-0.1, -0.05) is 30.3 Å². The van der Waals surface area contributed by atoms with Crippen LogP contribution in [0.1, 0.15) is 5.56 Å². The summed E-state index contributed by atoms with van der Waals surface area (Å²) in [6, 6.07) is 14.5. The molecular weight excluding hydrogens is 230 g/mol. The largest absolute Gasteiger partial charge is 0.288 e. The van der Waals surface area contributed by atoms with E-state index in [2.05, 4.69) is 46.7 Å². The van der Waals surface area contributed by atoms with Crippen LogP contribution in [0.25, 0.3) is 5.65 Å². The molecule has 3 nitrogen and oxygen atoms in total. The van der Waals surface area contributed by atoms with E-state index >= 15 is 0 Å². The Kier molecular flexibility index (Phi) is 2.80. The van der Waals surface area contributed by atoms with Crippen molar-refractivity contribution in [1.29, 1.82) is 0 Å². The molecule has 0 atom stereocenters. The monoisotopic (exact) mass is 241 g/mol. The van der Waals surface area contributed by atoms with Crippen LogP contribution in [-0.2, 0) is 5.75 Å². The zero-order valence-corrected chi connectivity index (χ0v) is 9.97. The summed E-state index contributed by atoms with van der Waals surface area (Å²) in [5.41, 5.74) is 2.22. The Morgan fingerprint density at radius 1 is 1.06 bits per heavy atom. The van der Waals surface area contributed by atoms with Crippen LogP contribution in [0.4, 0.5) is 0 Å². The summed E-state index contributed by atoms with van der Waals surface area (Å²) in [4.78, 5) is 1.22. The molecule has 0 aliphatic carbocycles. The minimum atomic E-state index is 0.883. The van der Waals surface area contributed by atoms with E-state index in [1.807, 2.05) is 28.3 Å². The van der Waals surface area contributed by atoms with Gasteiger partial charge < -0.3 is 0 Å². The molecule has 0 amide bonds. The van der Waals surface area contributed by atoms with Crippen LogP contribution in [0, 0.1) is 0 Å². The summed E-state index contributed by atoms with van der Waals surface area (Å²) < 4.78 is 1.94. The maximum Gasteiger partial charge on any atom is 0.160 e. The number of thioether (sulfide) groups is 1. The minimum Gasteiger partial charge on any atom is -0.288 e. The smallest absolute Gasteiger partial charge is 0.160 e. The Morgan fingerprint density at radius 2 is 1.94 bits per heavy atom. The van der Waals surface area contributed by atoms with E-state index in [0.29, 0.717) is 0 Å². The third-order valence-corrected chi connectivity index (χ3v) is 3.56. The SMILES string of the molecule is c1ccc(CSc2ccc3nncn3c2)cc1. The molecular formula is C13H11N3S. The van der Waals surface area contributed by atoms with Gasteiger partial charge in [0.1, 0.15) is 6.33 Å². The van der Waals surface area contributed by atoms with Crippen LogP contribution in [0.15, 0.2) is 59.9 Å². The van der Waals surface area contributed by atoms with Crippen LogP contribution >= 0.6 is 11.8 Å². The van der Waals surface area contributed by atoms with Gasteiger partial charge in [-0.05, 0) is 17.7 Å². The Bertz CT molecular complexity index is 619. The van der Waals surface area contributed by atoms with Gasteiger partial charge in [0.15, 0.2) is 5.65 Å². The van der Waals surface area contributed by atoms with Gasteiger partial charge in [-0.25, -0.2) is 0 Å². The second-order valence-electron chi connectivity index (χ2n) is 3.74. The van der Waals surface area contributed by atoms with Gasteiger partial charge in [-0.2, -0.15) is 0 Å². The van der Waals surface area contributed by atoms with Gasteiger partial charge in [-0.3, -0.25) is 4.40 Å². The lowest BCUT2D eigenvalue weighted by Gasteiger charge is -2.02. The molecule has 0 aliphatic heterocycles. The fraction of sp³-hybridized carbons (Fsp3) is 0.0769. The average molecular weight is 241 g/mol. The van der Waals surface area contributed by atoms with E-state index in [0.717, 1.165) is 11.4 Å². The second-order valence-corrected chi connectivity index (χ2v) is 4.78. The number of benzene rings is 1. The summed E-state index contributed by atoms with van der Waals surface area (Å²) in [7, 11) is 0. The predicted molar refractivity (Wildman–Crippen MR) is 69.0 cm³/mol. The van der Waals surface area contributed by atoms with Gasteiger partial charge in [0, 0.05) is 16.8 Å². The van der Waals surface area contributed by atoms with E-state index in [9.17, 15) is 0 Å². The van der Waals surface area contributed by atoms with Crippen LogP contribution in [-0.4, -0.2) is 14.6 Å². The van der Waals surface area contributed by atoms with Crippen LogP contribution < -0.4 is 0 Å². The van der Waals surface area contributed by atoms with Crippen molar-refractivity contribution in [2.75, 3.05) is 0 Å². The number of pyridine rings is 1. The minimum absolute atomic E-state index is 0.883. The predicted octanol–water partition coefficient (Wildman–Crippen LogP) is 3.02. The van der Waals surface area contributed by atoms with Crippen molar-refractivity contribution in [3.8, 4) is 0 Å². The molecule has 1 aromatic carbocycles. The quantitative estimate of drug-likeness (QED) is 0.660. The standard InChI is InChI=1S/C13H11N3S/c1-2-4-11(5-3-1)9-17-12-6-7-13-15-14-10-16(13)8-12/h1-8,10H,9H2. The fourth-order valence-corrected chi connectivity index (χ4v) is 2.51. The van der Waals surface area contributed by atoms with E-state index in [1.54, 1.807) is 6.33 Å². The van der Waals surface area contributed by atoms with Gasteiger partial charge in [0.25, 0.3) is 0 Å². The summed E-state index contributed by atoms with van der Waals surface area (Å²) >= 11 is 1.82. The highest BCUT2D eigenvalue weighted by Gasteiger charge is 1.99. The third kappa shape index (κ3) is 2.31. The third-order valence-electron chi connectivity index (χ3n) is 2.51. The second kappa shape index (κ2) is 4.59. The topological polar surface area (TPSA) is 30.2 Å². The molecule has 2 aromatic heterocycles. The van der Waals surface area contributed by atoms with Gasteiger partial charge in [0.2, 0.25) is 0 Å². The number of hydrogen-bond acceptors (Lipinski definition) is 3. The molecule has 0 spiro atoms. The van der Waals surface area contributed by atoms with Crippen molar-refractivity contribution in [1.82, 2.24) is 14.6 Å². The lowest BCUT2D eigenvalue weighted by atomic mass is 10.2. The molecule has 3 aromatic rings. The highest BCUT2D eigenvalue weighted by molar-refractivity contribution is 7.98. The molecule has 0 bridgehead atoms. The van der Waals surface area contributed by atoms with Gasteiger partial charge in [0.05, 0.1) is 0 Å². The molecule has 0 radical (unpaired) electrons. The first-order chi connectivity index (χ1) is 8.42. The van der Waals surface area contributed by atoms with Crippen molar-refractivity contribution < 1.29 is 0 Å². The zero-order valence-electron chi connectivity index (χ0n) is 9.15.